The molecule has 0 aromatic heterocycles. The second-order valence-electron chi connectivity index (χ2n) is 7.63. The number of nitriles is 1. The average Bonchev–Trinajstić information content (AvgIpc) is 3.37. The monoisotopic (exact) mass is 446 g/mol. The number of nitrogens with one attached hydrogen (secondary N) is 2. The molecule has 0 fully saturated rings. The number of nitrogens with zero attached hydrogens (tertiary/aromatic N) is 2. The standard InChI is InChI=1S/C24H16ClFN4O2/c25-18-7-6-15(26)11-17(18)22-21-16(23(31)29-22)2-1-3-19(21)28-24(32)30-9-8-14-5-4-13(12-27)10-20(14)30/h1-7,10-11,22H,8-9H2,(H,28,32)(H,29,31). The second kappa shape index (κ2) is 7.66. The van der Waals surface area contributed by atoms with Crippen molar-refractivity contribution in [1.29, 1.82) is 5.26 Å². The van der Waals surface area contributed by atoms with E-state index in [1.807, 2.05) is 6.07 Å². The van der Waals surface area contributed by atoms with Gasteiger partial charge < -0.3 is 10.6 Å². The minimum atomic E-state index is -0.701. The average molecular weight is 447 g/mol. The maximum Gasteiger partial charge on any atom is 0.326 e. The predicted molar refractivity (Wildman–Crippen MR) is 118 cm³/mol. The van der Waals surface area contributed by atoms with Gasteiger partial charge in [0, 0.05) is 39.6 Å². The molecule has 2 heterocycles. The van der Waals surface area contributed by atoms with Crippen LogP contribution in [0, 0.1) is 17.1 Å². The second-order valence-corrected chi connectivity index (χ2v) is 8.03. The van der Waals surface area contributed by atoms with Crippen LogP contribution in [0.4, 0.5) is 20.6 Å². The van der Waals surface area contributed by atoms with Crippen LogP contribution in [0.25, 0.3) is 0 Å². The molecule has 8 heteroatoms. The summed E-state index contributed by atoms with van der Waals surface area (Å²) in [6.45, 7) is 0.474. The number of benzene rings is 3. The van der Waals surface area contributed by atoms with Crippen molar-refractivity contribution < 1.29 is 14.0 Å². The van der Waals surface area contributed by atoms with Crippen LogP contribution in [0.2, 0.25) is 5.02 Å². The van der Waals surface area contributed by atoms with Crippen LogP contribution in [0.3, 0.4) is 0 Å². The van der Waals surface area contributed by atoms with E-state index in [9.17, 15) is 19.2 Å². The lowest BCUT2D eigenvalue weighted by Crippen LogP contribution is -2.33. The molecule has 3 aromatic carbocycles. The molecular weight excluding hydrogens is 431 g/mol. The smallest absolute Gasteiger partial charge is 0.326 e. The maximum absolute atomic E-state index is 13.9. The van der Waals surface area contributed by atoms with E-state index >= 15 is 0 Å². The number of hydrogen-bond donors (Lipinski definition) is 2. The molecular formula is C24H16ClFN4O2. The van der Waals surface area contributed by atoms with Gasteiger partial charge in [0.25, 0.3) is 5.91 Å². The fourth-order valence-electron chi connectivity index (χ4n) is 4.28. The van der Waals surface area contributed by atoms with Crippen LogP contribution in [0.1, 0.15) is 38.7 Å². The summed E-state index contributed by atoms with van der Waals surface area (Å²) >= 11 is 6.30. The third-order valence-electron chi connectivity index (χ3n) is 5.78. The van der Waals surface area contributed by atoms with Gasteiger partial charge in [-0.1, -0.05) is 23.7 Å². The summed E-state index contributed by atoms with van der Waals surface area (Å²) < 4.78 is 13.9. The molecule has 5 rings (SSSR count). The van der Waals surface area contributed by atoms with Gasteiger partial charge in [-0.2, -0.15) is 5.26 Å². The molecule has 1 unspecified atom stereocenters. The molecule has 2 N–H and O–H groups in total. The molecule has 6 nitrogen and oxygen atoms in total. The van der Waals surface area contributed by atoms with Gasteiger partial charge >= 0.3 is 6.03 Å². The van der Waals surface area contributed by atoms with Crippen molar-refractivity contribution in [3.05, 3.63) is 93.3 Å². The van der Waals surface area contributed by atoms with Gasteiger partial charge in [-0.25, -0.2) is 9.18 Å². The molecule has 0 bridgehead atoms. The zero-order chi connectivity index (χ0) is 22.4. The molecule has 2 aliphatic rings. The molecule has 0 saturated carbocycles. The van der Waals surface area contributed by atoms with Crippen LogP contribution in [-0.2, 0) is 6.42 Å². The van der Waals surface area contributed by atoms with Gasteiger partial charge in [0.05, 0.1) is 17.7 Å². The summed E-state index contributed by atoms with van der Waals surface area (Å²) in [6, 6.07) is 15.3. The van der Waals surface area contributed by atoms with Crippen molar-refractivity contribution in [2.24, 2.45) is 0 Å². The van der Waals surface area contributed by atoms with E-state index in [-0.39, 0.29) is 11.9 Å². The van der Waals surface area contributed by atoms with Crippen molar-refractivity contribution in [3.63, 3.8) is 0 Å². The number of urea groups is 1. The Hall–Kier alpha value is -3.89. The molecule has 0 radical (unpaired) electrons. The highest BCUT2D eigenvalue weighted by Gasteiger charge is 2.34. The lowest BCUT2D eigenvalue weighted by atomic mass is 9.96. The molecule has 3 amide bonds. The van der Waals surface area contributed by atoms with Gasteiger partial charge in [-0.15, -0.1) is 0 Å². The molecule has 0 aliphatic carbocycles. The van der Waals surface area contributed by atoms with Crippen molar-refractivity contribution in [3.8, 4) is 6.07 Å². The van der Waals surface area contributed by atoms with Crippen LogP contribution >= 0.6 is 11.6 Å². The Labute approximate surface area is 188 Å². The number of halogens is 2. The molecule has 32 heavy (non-hydrogen) atoms. The zero-order valence-electron chi connectivity index (χ0n) is 16.7. The topological polar surface area (TPSA) is 85.2 Å². The Morgan fingerprint density at radius 2 is 2.06 bits per heavy atom. The van der Waals surface area contributed by atoms with Crippen molar-refractivity contribution in [2.45, 2.75) is 12.5 Å². The Kier molecular flexibility index (Phi) is 4.80. The lowest BCUT2D eigenvalue weighted by Gasteiger charge is -2.21. The van der Waals surface area contributed by atoms with Crippen molar-refractivity contribution in [1.82, 2.24) is 5.32 Å². The molecule has 158 valence electrons. The van der Waals surface area contributed by atoms with E-state index in [0.29, 0.717) is 51.6 Å². The maximum atomic E-state index is 13.9. The zero-order valence-corrected chi connectivity index (χ0v) is 17.4. The van der Waals surface area contributed by atoms with E-state index in [0.717, 1.165) is 5.56 Å². The van der Waals surface area contributed by atoms with Crippen LogP contribution < -0.4 is 15.5 Å². The molecule has 0 saturated heterocycles. The summed E-state index contributed by atoms with van der Waals surface area (Å²) in [4.78, 5) is 27.3. The van der Waals surface area contributed by atoms with Crippen molar-refractivity contribution in [2.75, 3.05) is 16.8 Å². The normalized spacial score (nSPS) is 16.2. The molecule has 3 aromatic rings. The highest BCUT2D eigenvalue weighted by Crippen LogP contribution is 2.39. The van der Waals surface area contributed by atoms with E-state index in [1.54, 1.807) is 35.2 Å². The fraction of sp³-hybridized carbons (Fsp3) is 0.125. The van der Waals surface area contributed by atoms with Crippen LogP contribution in [-0.4, -0.2) is 18.5 Å². The number of hydrogen-bond acceptors (Lipinski definition) is 3. The Balaban J connectivity index is 1.51. The summed E-state index contributed by atoms with van der Waals surface area (Å²) in [5.74, 6) is -0.804. The van der Waals surface area contributed by atoms with Gasteiger partial charge in [-0.3, -0.25) is 9.69 Å². The van der Waals surface area contributed by atoms with Crippen LogP contribution in [0.5, 0.6) is 0 Å². The molecule has 0 spiro atoms. The Bertz CT molecular complexity index is 1330. The van der Waals surface area contributed by atoms with E-state index < -0.39 is 11.9 Å². The lowest BCUT2D eigenvalue weighted by molar-refractivity contribution is 0.0960. The number of anilines is 2. The minimum Gasteiger partial charge on any atom is -0.341 e. The Morgan fingerprint density at radius 3 is 2.88 bits per heavy atom. The first-order chi connectivity index (χ1) is 15.5. The largest absolute Gasteiger partial charge is 0.341 e. The third-order valence-corrected chi connectivity index (χ3v) is 6.12. The quantitative estimate of drug-likeness (QED) is 0.594. The number of carbonyl (C=O) groups excluding carboxylic acids is 2. The highest BCUT2D eigenvalue weighted by atomic mass is 35.5. The van der Waals surface area contributed by atoms with Crippen molar-refractivity contribution >= 4 is 34.9 Å². The number of rotatable bonds is 2. The number of fused-ring (bicyclic) bond motifs is 2. The molecule has 1 atom stereocenters. The summed E-state index contributed by atoms with van der Waals surface area (Å²) in [5, 5.41) is 15.2. The number of amides is 3. The highest BCUT2D eigenvalue weighted by molar-refractivity contribution is 6.31. The van der Waals surface area contributed by atoms with Crippen LogP contribution in [0.15, 0.2) is 54.6 Å². The van der Waals surface area contributed by atoms with Gasteiger partial charge in [-0.05, 0) is 54.4 Å². The predicted octanol–water partition coefficient (Wildman–Crippen LogP) is 4.78. The van der Waals surface area contributed by atoms with Gasteiger partial charge in [0.1, 0.15) is 5.82 Å². The minimum absolute atomic E-state index is 0.309. The number of carbonyl (C=O) groups is 2. The van der Waals surface area contributed by atoms with E-state index in [2.05, 4.69) is 16.7 Å². The van der Waals surface area contributed by atoms with Gasteiger partial charge in [0.2, 0.25) is 0 Å². The summed E-state index contributed by atoms with van der Waals surface area (Å²) in [6.07, 6.45) is 0.683. The SMILES string of the molecule is N#Cc1ccc2c(c1)N(C(=O)Nc1cccc3c1C(c1cc(F)ccc1Cl)NC3=O)CC2. The summed E-state index contributed by atoms with van der Waals surface area (Å²) in [7, 11) is 0. The van der Waals surface area contributed by atoms with E-state index in [4.69, 9.17) is 11.6 Å². The van der Waals surface area contributed by atoms with E-state index in [1.165, 1.54) is 18.2 Å². The summed E-state index contributed by atoms with van der Waals surface area (Å²) in [5.41, 5.74) is 3.91. The first-order valence-electron chi connectivity index (χ1n) is 9.96. The first-order valence-corrected chi connectivity index (χ1v) is 10.3. The molecule has 2 aliphatic heterocycles. The Morgan fingerprint density at radius 1 is 1.22 bits per heavy atom. The first kappa shape index (κ1) is 20.0. The fourth-order valence-corrected chi connectivity index (χ4v) is 4.50. The third kappa shape index (κ3) is 3.26. The van der Waals surface area contributed by atoms with Gasteiger partial charge in [0.15, 0.2) is 0 Å².